The molecule has 6 nitrogen and oxygen atoms in total. The molecule has 1 aliphatic heterocycles. The van der Waals surface area contributed by atoms with Crippen molar-refractivity contribution >= 4 is 51.6 Å². The zero-order valence-electron chi connectivity index (χ0n) is 17.8. The number of hydrogen-bond acceptors (Lipinski definition) is 4. The Labute approximate surface area is 195 Å². The summed E-state index contributed by atoms with van der Waals surface area (Å²) < 4.78 is 5.37. The molecule has 32 heavy (non-hydrogen) atoms. The molecule has 3 aromatic rings. The molecule has 4 rings (SSSR count). The van der Waals surface area contributed by atoms with Gasteiger partial charge in [-0.3, -0.25) is 9.59 Å². The van der Waals surface area contributed by atoms with Gasteiger partial charge >= 0.3 is 0 Å². The number of amides is 1. The number of nitrogens with zero attached hydrogens (tertiary/aromatic N) is 1. The molecule has 1 atom stereocenters. The number of aliphatic hydroxyl groups excluding tert-OH is 1. The van der Waals surface area contributed by atoms with Gasteiger partial charge in [-0.1, -0.05) is 48.3 Å². The predicted octanol–water partition coefficient (Wildman–Crippen LogP) is 5.62. The number of hydrogen-bond donors (Lipinski definition) is 2. The molecule has 0 spiro atoms. The second-order valence-electron chi connectivity index (χ2n) is 7.67. The molecule has 1 aliphatic rings. The van der Waals surface area contributed by atoms with E-state index >= 15 is 0 Å². The summed E-state index contributed by atoms with van der Waals surface area (Å²) in [6, 6.07) is 9.83. The van der Waals surface area contributed by atoms with Crippen LogP contribution in [0.4, 0.5) is 0 Å². The third kappa shape index (κ3) is 3.44. The second kappa shape index (κ2) is 8.52. The summed E-state index contributed by atoms with van der Waals surface area (Å²) >= 11 is 12.4. The van der Waals surface area contributed by atoms with Gasteiger partial charge < -0.3 is 19.7 Å². The number of likely N-dealkylation sites (tertiary alicyclic amines) is 1. The molecule has 1 saturated heterocycles. The molecule has 2 aromatic carbocycles. The van der Waals surface area contributed by atoms with Gasteiger partial charge in [0.1, 0.15) is 11.5 Å². The maximum absolute atomic E-state index is 13.2. The molecule has 1 aromatic heterocycles. The van der Waals surface area contributed by atoms with Gasteiger partial charge in [-0.05, 0) is 31.5 Å². The Morgan fingerprint density at radius 2 is 1.94 bits per heavy atom. The highest BCUT2D eigenvalue weighted by molar-refractivity contribution is 6.47. The molecule has 1 amide bonds. The zero-order chi connectivity index (χ0) is 23.2. The molecule has 2 N–H and O–H groups in total. The van der Waals surface area contributed by atoms with Crippen LogP contribution >= 0.6 is 23.2 Å². The van der Waals surface area contributed by atoms with Crippen LogP contribution in [-0.2, 0) is 9.59 Å². The fourth-order valence-electron chi connectivity index (χ4n) is 4.39. The lowest BCUT2D eigenvalue weighted by atomic mass is 9.93. The minimum atomic E-state index is -0.770. The van der Waals surface area contributed by atoms with Crippen LogP contribution in [0.25, 0.3) is 16.7 Å². The molecular formula is C24H22Cl2N2O4. The smallest absolute Gasteiger partial charge is 0.295 e. The van der Waals surface area contributed by atoms with Crippen molar-refractivity contribution in [2.24, 2.45) is 0 Å². The Morgan fingerprint density at radius 3 is 2.62 bits per heavy atom. The third-order valence-corrected chi connectivity index (χ3v) is 6.19. The van der Waals surface area contributed by atoms with E-state index in [4.69, 9.17) is 27.9 Å². The zero-order valence-corrected chi connectivity index (χ0v) is 19.3. The summed E-state index contributed by atoms with van der Waals surface area (Å²) in [4.78, 5) is 31.0. The molecule has 1 unspecified atom stereocenters. The van der Waals surface area contributed by atoms with Gasteiger partial charge in [-0.25, -0.2) is 0 Å². The van der Waals surface area contributed by atoms with Crippen LogP contribution in [0.1, 0.15) is 36.2 Å². The lowest BCUT2D eigenvalue weighted by Gasteiger charge is -2.25. The number of carbonyl (C=O) groups is 2. The van der Waals surface area contributed by atoms with Crippen LogP contribution in [0.2, 0.25) is 10.0 Å². The quantitative estimate of drug-likeness (QED) is 0.286. The first-order chi connectivity index (χ1) is 15.3. The normalized spacial score (nSPS) is 18.0. The first kappa shape index (κ1) is 22.2. The van der Waals surface area contributed by atoms with Crippen LogP contribution in [0.5, 0.6) is 5.75 Å². The number of carbonyl (C=O) groups excluding carboxylic acids is 2. The van der Waals surface area contributed by atoms with Crippen molar-refractivity contribution in [1.82, 2.24) is 9.88 Å². The van der Waals surface area contributed by atoms with Gasteiger partial charge in [0.2, 0.25) is 0 Å². The van der Waals surface area contributed by atoms with Crippen molar-refractivity contribution in [2.75, 3.05) is 13.7 Å². The van der Waals surface area contributed by atoms with Gasteiger partial charge in [-0.2, -0.15) is 0 Å². The van der Waals surface area contributed by atoms with Gasteiger partial charge in [0.05, 0.1) is 29.3 Å². The van der Waals surface area contributed by atoms with Crippen LogP contribution < -0.4 is 4.74 Å². The number of rotatable bonds is 5. The van der Waals surface area contributed by atoms with E-state index in [0.717, 1.165) is 22.2 Å². The Hall–Kier alpha value is -2.96. The number of aliphatic hydroxyl groups is 1. The van der Waals surface area contributed by atoms with Crippen LogP contribution in [0.15, 0.2) is 42.0 Å². The number of benzene rings is 2. The summed E-state index contributed by atoms with van der Waals surface area (Å²) in [7, 11) is 1.41. The number of Topliss-reactive ketones (excluding diaryl/α,β-unsaturated/α-hetero) is 1. The highest BCUT2D eigenvalue weighted by Gasteiger charge is 2.47. The minimum Gasteiger partial charge on any atom is -0.507 e. The SMILES string of the molecule is CCCN1C(=O)C(=O)/C(=C(/O)c2cc(Cl)cc(Cl)c2OC)C1c1c(C)[nH]c2ccccc12. The van der Waals surface area contributed by atoms with Gasteiger partial charge in [0.15, 0.2) is 0 Å². The first-order valence-corrected chi connectivity index (χ1v) is 10.9. The fourth-order valence-corrected chi connectivity index (χ4v) is 4.96. The van der Waals surface area contributed by atoms with Crippen molar-refractivity contribution in [3.8, 4) is 5.75 Å². The molecule has 2 heterocycles. The van der Waals surface area contributed by atoms with E-state index < -0.39 is 17.7 Å². The highest BCUT2D eigenvalue weighted by Crippen LogP contribution is 2.45. The van der Waals surface area contributed by atoms with E-state index in [1.807, 2.05) is 38.1 Å². The van der Waals surface area contributed by atoms with E-state index in [2.05, 4.69) is 4.98 Å². The predicted molar refractivity (Wildman–Crippen MR) is 125 cm³/mol. The van der Waals surface area contributed by atoms with Crippen molar-refractivity contribution in [3.05, 3.63) is 68.8 Å². The third-order valence-electron chi connectivity index (χ3n) is 5.69. The summed E-state index contributed by atoms with van der Waals surface area (Å²) in [6.45, 7) is 4.18. The Kier molecular flexibility index (Phi) is 5.93. The Balaban J connectivity index is 2.05. The first-order valence-electron chi connectivity index (χ1n) is 10.2. The number of methoxy groups -OCH3 is 1. The minimum absolute atomic E-state index is 0.0204. The monoisotopic (exact) mass is 472 g/mol. The van der Waals surface area contributed by atoms with Gasteiger partial charge in [-0.15, -0.1) is 0 Å². The maximum Gasteiger partial charge on any atom is 0.295 e. The van der Waals surface area contributed by atoms with Crippen molar-refractivity contribution in [3.63, 3.8) is 0 Å². The molecule has 0 radical (unpaired) electrons. The summed E-state index contributed by atoms with van der Waals surface area (Å²) in [6.07, 6.45) is 0.650. The highest BCUT2D eigenvalue weighted by atomic mass is 35.5. The Bertz CT molecular complexity index is 1280. The Morgan fingerprint density at radius 1 is 1.22 bits per heavy atom. The van der Waals surface area contributed by atoms with Gasteiger partial charge in [0.25, 0.3) is 11.7 Å². The molecule has 0 aliphatic carbocycles. The maximum atomic E-state index is 13.2. The lowest BCUT2D eigenvalue weighted by molar-refractivity contribution is -0.139. The number of halogens is 2. The molecular weight excluding hydrogens is 451 g/mol. The topological polar surface area (TPSA) is 82.6 Å². The fraction of sp³-hybridized carbons (Fsp3) is 0.250. The second-order valence-corrected chi connectivity index (χ2v) is 8.51. The average Bonchev–Trinajstić information content (AvgIpc) is 3.21. The lowest BCUT2D eigenvalue weighted by Crippen LogP contribution is -2.30. The van der Waals surface area contributed by atoms with E-state index in [1.165, 1.54) is 24.1 Å². The number of ketones is 1. The number of H-pyrrole nitrogens is 1. The summed E-state index contributed by atoms with van der Waals surface area (Å²) in [5.41, 5.74) is 2.59. The van der Waals surface area contributed by atoms with E-state index in [9.17, 15) is 14.7 Å². The van der Waals surface area contributed by atoms with E-state index in [0.29, 0.717) is 13.0 Å². The number of nitrogens with one attached hydrogen (secondary N) is 1. The molecule has 0 saturated carbocycles. The van der Waals surface area contributed by atoms with Crippen molar-refractivity contribution < 1.29 is 19.4 Å². The largest absolute Gasteiger partial charge is 0.507 e. The van der Waals surface area contributed by atoms with Crippen molar-refractivity contribution in [2.45, 2.75) is 26.3 Å². The number of aryl methyl sites for hydroxylation is 1. The summed E-state index contributed by atoms with van der Waals surface area (Å²) in [5, 5.41) is 12.7. The van der Waals surface area contributed by atoms with Crippen LogP contribution in [-0.4, -0.2) is 40.3 Å². The molecule has 166 valence electrons. The van der Waals surface area contributed by atoms with Gasteiger partial charge in [0, 0.05) is 33.7 Å². The summed E-state index contributed by atoms with van der Waals surface area (Å²) in [5.74, 6) is -1.62. The molecule has 8 heteroatoms. The standard InChI is InChI=1S/C24H22Cl2N2O4/c1-4-9-28-20(18-12(2)27-17-8-6-5-7-14(17)18)19(22(30)24(28)31)21(29)15-10-13(25)11-16(26)23(15)32-3/h5-8,10-11,20,27,29H,4,9H2,1-3H3/b21-19+. The molecule has 0 bridgehead atoms. The number of para-hydroxylation sites is 1. The van der Waals surface area contributed by atoms with Crippen molar-refractivity contribution in [1.29, 1.82) is 0 Å². The number of aromatic amines is 1. The average molecular weight is 473 g/mol. The number of ether oxygens (including phenoxy) is 1. The number of aromatic nitrogens is 1. The van der Waals surface area contributed by atoms with Crippen LogP contribution in [0.3, 0.4) is 0 Å². The number of fused-ring (bicyclic) bond motifs is 1. The van der Waals surface area contributed by atoms with Crippen LogP contribution in [0, 0.1) is 6.92 Å². The van der Waals surface area contributed by atoms with E-state index in [1.54, 1.807) is 0 Å². The molecule has 1 fully saturated rings. The van der Waals surface area contributed by atoms with E-state index in [-0.39, 0.29) is 32.7 Å².